The smallest absolute Gasteiger partial charge is 0.253 e. The number of halogens is 2. The first-order valence-corrected chi connectivity index (χ1v) is 10.8. The van der Waals surface area contributed by atoms with Crippen molar-refractivity contribution in [2.45, 2.75) is 12.8 Å². The normalized spacial score (nSPS) is 14.5. The molecule has 2 heterocycles. The van der Waals surface area contributed by atoms with Crippen LogP contribution in [0.15, 0.2) is 53.9 Å². The van der Waals surface area contributed by atoms with Crippen molar-refractivity contribution in [2.75, 3.05) is 18.4 Å². The van der Waals surface area contributed by atoms with Gasteiger partial charge in [-0.15, -0.1) is 11.3 Å². The Kier molecular flexibility index (Phi) is 6.11. The maximum Gasteiger partial charge on any atom is 0.253 e. The fourth-order valence-corrected chi connectivity index (χ4v) is 4.29. The van der Waals surface area contributed by atoms with E-state index in [1.165, 1.54) is 23.5 Å². The first-order chi connectivity index (χ1) is 14.5. The quantitative estimate of drug-likeness (QED) is 0.610. The number of amides is 2. The van der Waals surface area contributed by atoms with Gasteiger partial charge in [0.2, 0.25) is 5.91 Å². The molecule has 0 aliphatic carbocycles. The molecule has 4 rings (SSSR count). The molecular weight excluding hydrogens is 425 g/mol. The van der Waals surface area contributed by atoms with Gasteiger partial charge in [-0.25, -0.2) is 9.37 Å². The van der Waals surface area contributed by atoms with Crippen molar-refractivity contribution in [1.82, 2.24) is 9.88 Å². The van der Waals surface area contributed by atoms with Gasteiger partial charge >= 0.3 is 0 Å². The minimum absolute atomic E-state index is 0.0508. The molecule has 8 heteroatoms. The third kappa shape index (κ3) is 4.68. The summed E-state index contributed by atoms with van der Waals surface area (Å²) in [6.07, 6.45) is 1.18. The highest BCUT2D eigenvalue weighted by molar-refractivity contribution is 7.14. The van der Waals surface area contributed by atoms with Crippen LogP contribution in [0, 0.1) is 11.7 Å². The van der Waals surface area contributed by atoms with Crippen molar-refractivity contribution in [3.05, 3.63) is 70.3 Å². The van der Waals surface area contributed by atoms with Crippen molar-refractivity contribution in [3.63, 3.8) is 0 Å². The van der Waals surface area contributed by atoms with Gasteiger partial charge in [-0.05, 0) is 49.2 Å². The highest BCUT2D eigenvalue weighted by atomic mass is 35.5. The van der Waals surface area contributed by atoms with Gasteiger partial charge < -0.3 is 10.2 Å². The number of benzene rings is 2. The van der Waals surface area contributed by atoms with Gasteiger partial charge in [0.05, 0.1) is 5.69 Å². The fraction of sp³-hybridized carbons (Fsp3) is 0.227. The molecule has 1 aliphatic heterocycles. The maximum absolute atomic E-state index is 13.4. The Hall–Kier alpha value is -2.77. The predicted octanol–water partition coefficient (Wildman–Crippen LogP) is 5.09. The maximum atomic E-state index is 13.4. The number of nitrogens with zero attached hydrogens (tertiary/aromatic N) is 2. The van der Waals surface area contributed by atoms with Crippen molar-refractivity contribution in [1.29, 1.82) is 0 Å². The van der Waals surface area contributed by atoms with Crippen LogP contribution in [-0.4, -0.2) is 34.8 Å². The Bertz CT molecular complexity index is 1060. The summed E-state index contributed by atoms with van der Waals surface area (Å²) in [5.41, 5.74) is 1.88. The number of hydrogen-bond acceptors (Lipinski definition) is 4. The Balaban J connectivity index is 1.32. The summed E-state index contributed by atoms with van der Waals surface area (Å²) in [7, 11) is 0. The molecule has 0 atom stereocenters. The summed E-state index contributed by atoms with van der Waals surface area (Å²) < 4.78 is 13.4. The van der Waals surface area contributed by atoms with Crippen LogP contribution >= 0.6 is 22.9 Å². The Labute approximate surface area is 182 Å². The first-order valence-electron chi connectivity index (χ1n) is 9.57. The average Bonchev–Trinajstić information content (AvgIpc) is 3.22. The van der Waals surface area contributed by atoms with E-state index in [0.717, 1.165) is 0 Å². The number of anilines is 1. The van der Waals surface area contributed by atoms with E-state index in [1.807, 2.05) is 0 Å². The molecule has 1 saturated heterocycles. The number of hydrogen-bond donors (Lipinski definition) is 1. The van der Waals surface area contributed by atoms with E-state index in [1.54, 1.807) is 46.7 Å². The molecule has 0 radical (unpaired) electrons. The Morgan fingerprint density at radius 2 is 1.87 bits per heavy atom. The van der Waals surface area contributed by atoms with Crippen LogP contribution in [0.5, 0.6) is 0 Å². The van der Waals surface area contributed by atoms with Gasteiger partial charge in [-0.3, -0.25) is 9.59 Å². The summed E-state index contributed by atoms with van der Waals surface area (Å²) in [5, 5.41) is 5.72. The van der Waals surface area contributed by atoms with Crippen molar-refractivity contribution >= 4 is 39.9 Å². The molecule has 2 amide bonds. The van der Waals surface area contributed by atoms with Crippen LogP contribution in [0.3, 0.4) is 0 Å². The number of aromatic nitrogens is 1. The van der Waals surface area contributed by atoms with Crippen molar-refractivity contribution in [3.8, 4) is 11.3 Å². The summed E-state index contributed by atoms with van der Waals surface area (Å²) in [4.78, 5) is 31.4. The second kappa shape index (κ2) is 8.93. The Morgan fingerprint density at radius 1 is 1.13 bits per heavy atom. The number of rotatable bonds is 4. The molecule has 154 valence electrons. The highest BCUT2D eigenvalue weighted by Gasteiger charge is 2.28. The molecule has 1 N–H and O–H groups in total. The second-order valence-corrected chi connectivity index (χ2v) is 8.41. The van der Waals surface area contributed by atoms with Crippen LogP contribution in [-0.2, 0) is 4.79 Å². The molecule has 5 nitrogen and oxygen atoms in total. The van der Waals surface area contributed by atoms with Crippen molar-refractivity contribution in [2.24, 2.45) is 5.92 Å². The number of carbonyl (C=O) groups is 2. The van der Waals surface area contributed by atoms with E-state index < -0.39 is 0 Å². The zero-order valence-corrected chi connectivity index (χ0v) is 17.5. The van der Waals surface area contributed by atoms with E-state index in [-0.39, 0.29) is 23.5 Å². The molecule has 1 aliphatic rings. The molecular formula is C22H19ClFN3O2S. The van der Waals surface area contributed by atoms with Crippen LogP contribution in [0.1, 0.15) is 23.2 Å². The zero-order chi connectivity index (χ0) is 21.1. The average molecular weight is 444 g/mol. The number of piperidine rings is 1. The zero-order valence-electron chi connectivity index (χ0n) is 16.0. The molecule has 1 fully saturated rings. The number of carbonyl (C=O) groups excluding carboxylic acids is 2. The lowest BCUT2D eigenvalue weighted by atomic mass is 9.95. The topological polar surface area (TPSA) is 62.3 Å². The predicted molar refractivity (Wildman–Crippen MR) is 116 cm³/mol. The minimum atomic E-state index is -0.328. The van der Waals surface area contributed by atoms with E-state index >= 15 is 0 Å². The van der Waals surface area contributed by atoms with Gasteiger partial charge in [0.1, 0.15) is 5.82 Å². The van der Waals surface area contributed by atoms with Crippen LogP contribution < -0.4 is 5.32 Å². The SMILES string of the molecule is O=C(Nc1nc(-c2cccc(F)c2)cs1)C1CCN(C(=O)c2ccc(Cl)cc2)CC1. The largest absolute Gasteiger partial charge is 0.339 e. The summed E-state index contributed by atoms with van der Waals surface area (Å²) >= 11 is 7.18. The monoisotopic (exact) mass is 443 g/mol. The van der Waals surface area contributed by atoms with E-state index in [4.69, 9.17) is 11.6 Å². The molecule has 0 saturated carbocycles. The third-order valence-corrected chi connectivity index (χ3v) is 6.11. The van der Waals surface area contributed by atoms with Gasteiger partial charge in [-0.2, -0.15) is 0 Å². The molecule has 0 unspecified atom stereocenters. The van der Waals surface area contributed by atoms with E-state index in [0.29, 0.717) is 52.9 Å². The third-order valence-electron chi connectivity index (χ3n) is 5.10. The lowest BCUT2D eigenvalue weighted by molar-refractivity contribution is -0.121. The summed E-state index contributed by atoms with van der Waals surface area (Å²) in [6, 6.07) is 13.0. The fourth-order valence-electron chi connectivity index (χ4n) is 3.44. The second-order valence-electron chi connectivity index (χ2n) is 7.11. The summed E-state index contributed by atoms with van der Waals surface area (Å²) in [5.74, 6) is -0.661. The lowest BCUT2D eigenvalue weighted by Gasteiger charge is -2.31. The standard InChI is InChI=1S/C22H19ClFN3O2S/c23-17-6-4-15(5-7-17)21(29)27-10-8-14(9-11-27)20(28)26-22-25-19(13-30-22)16-2-1-3-18(24)12-16/h1-7,12-14H,8-11H2,(H,25,26,28). The number of likely N-dealkylation sites (tertiary alicyclic amines) is 1. The number of thiazole rings is 1. The minimum Gasteiger partial charge on any atom is -0.339 e. The highest BCUT2D eigenvalue weighted by Crippen LogP contribution is 2.27. The van der Waals surface area contributed by atoms with Gasteiger partial charge in [-0.1, -0.05) is 23.7 Å². The van der Waals surface area contributed by atoms with Crippen molar-refractivity contribution < 1.29 is 14.0 Å². The Morgan fingerprint density at radius 3 is 2.57 bits per heavy atom. The molecule has 2 aromatic carbocycles. The van der Waals surface area contributed by atoms with E-state index in [9.17, 15) is 14.0 Å². The molecule has 0 bridgehead atoms. The molecule has 30 heavy (non-hydrogen) atoms. The molecule has 0 spiro atoms. The molecule has 3 aromatic rings. The van der Waals surface area contributed by atoms with Gasteiger partial charge in [0.25, 0.3) is 5.91 Å². The number of nitrogens with one attached hydrogen (secondary N) is 1. The van der Waals surface area contributed by atoms with Gasteiger partial charge in [0.15, 0.2) is 5.13 Å². The summed E-state index contributed by atoms with van der Waals surface area (Å²) in [6.45, 7) is 1.04. The van der Waals surface area contributed by atoms with E-state index in [2.05, 4.69) is 10.3 Å². The molecule has 1 aromatic heterocycles. The first kappa shape index (κ1) is 20.5. The van der Waals surface area contributed by atoms with Crippen LogP contribution in [0.2, 0.25) is 5.02 Å². The lowest BCUT2D eigenvalue weighted by Crippen LogP contribution is -2.41. The van der Waals surface area contributed by atoms with Crippen LogP contribution in [0.4, 0.5) is 9.52 Å². The van der Waals surface area contributed by atoms with Crippen LogP contribution in [0.25, 0.3) is 11.3 Å². The van der Waals surface area contributed by atoms with Gasteiger partial charge in [0, 0.05) is 40.5 Å².